The molecule has 0 unspecified atom stereocenters. The van der Waals surface area contributed by atoms with Crippen LogP contribution in [0.25, 0.3) is 10.9 Å². The van der Waals surface area contributed by atoms with E-state index in [0.717, 1.165) is 27.9 Å². The summed E-state index contributed by atoms with van der Waals surface area (Å²) in [5.41, 5.74) is 2.63. The van der Waals surface area contributed by atoms with Crippen LogP contribution < -0.4 is 4.74 Å². The van der Waals surface area contributed by atoms with Crippen molar-refractivity contribution in [2.24, 2.45) is 7.05 Å². The van der Waals surface area contributed by atoms with Crippen LogP contribution in [0.5, 0.6) is 5.75 Å². The smallest absolute Gasteiger partial charge is 0.248 e. The number of aryl methyl sites for hydroxylation is 1. The lowest BCUT2D eigenvalue weighted by Crippen LogP contribution is -2.69. The number of carbonyl (C=O) groups is 2. The average molecular weight is 487 g/mol. The first-order valence-corrected chi connectivity index (χ1v) is 12.1. The highest BCUT2D eigenvalue weighted by Gasteiger charge is 2.55. The molecule has 0 bridgehead atoms. The molecule has 10 nitrogen and oxygen atoms in total. The molecule has 2 fully saturated rings. The van der Waals surface area contributed by atoms with Crippen LogP contribution in [-0.2, 0) is 31.5 Å². The number of morpholine rings is 1. The van der Waals surface area contributed by atoms with E-state index in [1.165, 1.54) is 7.11 Å². The molecule has 35 heavy (non-hydrogen) atoms. The van der Waals surface area contributed by atoms with Crippen LogP contribution >= 0.6 is 0 Å². The van der Waals surface area contributed by atoms with Gasteiger partial charge in [-0.3, -0.25) is 14.5 Å². The number of hydrogen-bond donors (Lipinski definition) is 1. The van der Waals surface area contributed by atoms with Gasteiger partial charge in [0.15, 0.2) is 0 Å². The molecule has 1 spiro atoms. The van der Waals surface area contributed by atoms with E-state index in [1.54, 1.807) is 12.0 Å². The summed E-state index contributed by atoms with van der Waals surface area (Å²) < 4.78 is 18.0. The zero-order valence-electron chi connectivity index (χ0n) is 20.7. The predicted octanol–water partition coefficient (Wildman–Crippen LogP) is 0.121. The Morgan fingerprint density at radius 1 is 1.14 bits per heavy atom. The molecule has 4 heterocycles. The molecular weight excluding hydrogens is 452 g/mol. The number of methoxy groups -OCH3 is 2. The third-order valence-corrected chi connectivity index (χ3v) is 7.71. The number of hydrogen-bond acceptors (Lipinski definition) is 7. The number of aliphatic hydroxyl groups is 1. The SMILES string of the molecule is COCC(=O)N1CC2(C1)CN(C(=O)CN1CCOCC1)[C@@H](CO)c1c2c2ccc(OC)cc2n1C. The van der Waals surface area contributed by atoms with Crippen molar-refractivity contribution in [3.63, 3.8) is 0 Å². The standard InChI is InChI=1S/C25H34N4O6/c1-26-19-10-17(34-3)4-5-18(19)23-24(26)20(12-30)29(21(31)11-27-6-8-35-9-7-27)16-25(23)14-28(15-25)22(32)13-33-2/h4-5,10,20,30H,6-9,11-16H2,1-3H3/t20-/m0/s1. The second-order valence-corrected chi connectivity index (χ2v) is 9.77. The van der Waals surface area contributed by atoms with Crippen molar-refractivity contribution in [3.05, 3.63) is 29.5 Å². The topological polar surface area (TPSA) is 96.7 Å². The van der Waals surface area contributed by atoms with E-state index >= 15 is 0 Å². The van der Waals surface area contributed by atoms with E-state index in [-0.39, 0.29) is 31.6 Å². The lowest BCUT2D eigenvalue weighted by Gasteiger charge is -2.56. The van der Waals surface area contributed by atoms with E-state index in [1.807, 2.05) is 30.1 Å². The molecular formula is C25H34N4O6. The van der Waals surface area contributed by atoms with Gasteiger partial charge in [0.1, 0.15) is 12.4 Å². The van der Waals surface area contributed by atoms with Crippen molar-refractivity contribution in [1.29, 1.82) is 0 Å². The molecule has 1 aromatic heterocycles. The van der Waals surface area contributed by atoms with E-state index in [4.69, 9.17) is 14.2 Å². The molecule has 1 aromatic carbocycles. The zero-order valence-corrected chi connectivity index (χ0v) is 20.7. The fourth-order valence-electron chi connectivity index (χ4n) is 6.00. The predicted molar refractivity (Wildman–Crippen MR) is 128 cm³/mol. The van der Waals surface area contributed by atoms with E-state index in [0.29, 0.717) is 45.9 Å². The van der Waals surface area contributed by atoms with Gasteiger partial charge in [0.2, 0.25) is 11.8 Å². The minimum atomic E-state index is -0.462. The summed E-state index contributed by atoms with van der Waals surface area (Å²) in [6.07, 6.45) is 0. The average Bonchev–Trinajstić information content (AvgIpc) is 3.14. The lowest BCUT2D eigenvalue weighted by atomic mass is 9.68. The number of likely N-dealkylation sites (tertiary alicyclic amines) is 1. The van der Waals surface area contributed by atoms with Crippen LogP contribution in [0.3, 0.4) is 0 Å². The number of nitrogens with zero attached hydrogens (tertiary/aromatic N) is 4. The van der Waals surface area contributed by atoms with Crippen molar-refractivity contribution in [3.8, 4) is 5.75 Å². The number of amides is 2. The van der Waals surface area contributed by atoms with Crippen molar-refractivity contribution in [1.82, 2.24) is 19.3 Å². The van der Waals surface area contributed by atoms with Crippen molar-refractivity contribution in [2.75, 3.05) is 79.9 Å². The summed E-state index contributed by atoms with van der Waals surface area (Å²) in [5, 5.41) is 11.6. The molecule has 0 saturated carbocycles. The van der Waals surface area contributed by atoms with E-state index in [2.05, 4.69) is 9.47 Å². The van der Waals surface area contributed by atoms with Crippen molar-refractivity contribution < 1.29 is 28.9 Å². The van der Waals surface area contributed by atoms with Crippen LogP contribution in [0, 0.1) is 0 Å². The maximum absolute atomic E-state index is 13.6. The van der Waals surface area contributed by atoms with Gasteiger partial charge in [0.25, 0.3) is 0 Å². The van der Waals surface area contributed by atoms with Gasteiger partial charge < -0.3 is 33.7 Å². The quantitative estimate of drug-likeness (QED) is 0.620. The maximum atomic E-state index is 13.6. The fourth-order valence-corrected chi connectivity index (χ4v) is 6.00. The summed E-state index contributed by atoms with van der Waals surface area (Å²) in [6.45, 7) is 4.28. The van der Waals surface area contributed by atoms with E-state index in [9.17, 15) is 14.7 Å². The molecule has 2 amide bonds. The number of aliphatic hydroxyl groups excluding tert-OH is 1. The third-order valence-electron chi connectivity index (χ3n) is 7.71. The van der Waals surface area contributed by atoms with Gasteiger partial charge >= 0.3 is 0 Å². The highest BCUT2D eigenvalue weighted by Crippen LogP contribution is 2.49. The van der Waals surface area contributed by atoms with Gasteiger partial charge in [-0.1, -0.05) is 0 Å². The minimum Gasteiger partial charge on any atom is -0.497 e. The van der Waals surface area contributed by atoms with Gasteiger partial charge in [-0.2, -0.15) is 0 Å². The molecule has 0 aliphatic carbocycles. The Labute approximate surface area is 204 Å². The van der Waals surface area contributed by atoms with Gasteiger partial charge in [-0.25, -0.2) is 0 Å². The monoisotopic (exact) mass is 486 g/mol. The first-order valence-electron chi connectivity index (χ1n) is 12.1. The Balaban J connectivity index is 1.56. The highest BCUT2D eigenvalue weighted by molar-refractivity contribution is 5.91. The third kappa shape index (κ3) is 3.98. The molecule has 1 N–H and O–H groups in total. The summed E-state index contributed by atoms with van der Waals surface area (Å²) in [6, 6.07) is 5.51. The van der Waals surface area contributed by atoms with Crippen LogP contribution in [0.15, 0.2) is 18.2 Å². The molecule has 3 aliphatic rings. The van der Waals surface area contributed by atoms with Gasteiger partial charge in [-0.15, -0.1) is 0 Å². The molecule has 5 rings (SSSR count). The van der Waals surface area contributed by atoms with Gasteiger partial charge in [0, 0.05) is 64.0 Å². The summed E-state index contributed by atoms with van der Waals surface area (Å²) >= 11 is 0. The zero-order chi connectivity index (χ0) is 24.7. The normalized spacial score (nSPS) is 21.8. The minimum absolute atomic E-state index is 0.0134. The van der Waals surface area contributed by atoms with Crippen molar-refractivity contribution >= 4 is 22.7 Å². The van der Waals surface area contributed by atoms with Crippen LogP contribution in [0.1, 0.15) is 17.3 Å². The molecule has 2 saturated heterocycles. The number of fused-ring (bicyclic) bond motifs is 4. The molecule has 10 heteroatoms. The second-order valence-electron chi connectivity index (χ2n) is 9.77. The highest BCUT2D eigenvalue weighted by atomic mass is 16.5. The number of carbonyl (C=O) groups excluding carboxylic acids is 2. The summed E-state index contributed by atoms with van der Waals surface area (Å²) in [5.74, 6) is 0.674. The molecule has 1 atom stereocenters. The van der Waals surface area contributed by atoms with E-state index < -0.39 is 11.5 Å². The Bertz CT molecular complexity index is 1120. The van der Waals surface area contributed by atoms with Crippen molar-refractivity contribution in [2.45, 2.75) is 11.5 Å². The molecule has 190 valence electrons. The first kappa shape index (κ1) is 24.1. The fraction of sp³-hybridized carbons (Fsp3) is 0.600. The van der Waals surface area contributed by atoms with Crippen LogP contribution in [-0.4, -0.2) is 116 Å². The molecule has 3 aliphatic heterocycles. The number of benzene rings is 1. The summed E-state index contributed by atoms with van der Waals surface area (Å²) in [4.78, 5) is 31.9. The largest absolute Gasteiger partial charge is 0.497 e. The number of ether oxygens (including phenoxy) is 3. The number of rotatable bonds is 6. The number of aromatic nitrogens is 1. The Kier molecular flexibility index (Phi) is 6.47. The maximum Gasteiger partial charge on any atom is 0.248 e. The Morgan fingerprint density at radius 2 is 1.89 bits per heavy atom. The van der Waals surface area contributed by atoms with Crippen LogP contribution in [0.4, 0.5) is 0 Å². The Morgan fingerprint density at radius 3 is 2.54 bits per heavy atom. The molecule has 2 aromatic rings. The molecule has 0 radical (unpaired) electrons. The lowest BCUT2D eigenvalue weighted by molar-refractivity contribution is -0.148. The van der Waals surface area contributed by atoms with Gasteiger partial charge in [0.05, 0.1) is 50.4 Å². The first-order chi connectivity index (χ1) is 16.9. The Hall–Kier alpha value is -2.66. The second kappa shape index (κ2) is 9.42. The van der Waals surface area contributed by atoms with Gasteiger partial charge in [-0.05, 0) is 17.7 Å². The van der Waals surface area contributed by atoms with Crippen LogP contribution in [0.2, 0.25) is 0 Å². The summed E-state index contributed by atoms with van der Waals surface area (Å²) in [7, 11) is 5.13.